The van der Waals surface area contributed by atoms with E-state index in [9.17, 15) is 9.59 Å². The molecule has 5 heteroatoms. The number of nitrogens with zero attached hydrogens (tertiary/aromatic N) is 1. The molecule has 0 aromatic heterocycles. The maximum absolute atomic E-state index is 12.5. The lowest BCUT2D eigenvalue weighted by Gasteiger charge is -2.28. The van der Waals surface area contributed by atoms with Gasteiger partial charge in [0.05, 0.1) is 6.04 Å². The first-order chi connectivity index (χ1) is 12.6. The van der Waals surface area contributed by atoms with Gasteiger partial charge in [0.2, 0.25) is 5.91 Å². The predicted octanol–water partition coefficient (Wildman–Crippen LogP) is 2.97. The molecule has 0 bridgehead atoms. The molecule has 2 N–H and O–H groups in total. The van der Waals surface area contributed by atoms with Crippen molar-refractivity contribution in [1.82, 2.24) is 15.5 Å². The lowest BCUT2D eigenvalue weighted by atomic mass is 10.1. The van der Waals surface area contributed by atoms with E-state index >= 15 is 0 Å². The molecule has 0 aliphatic heterocycles. The van der Waals surface area contributed by atoms with E-state index < -0.39 is 12.1 Å². The first-order valence-corrected chi connectivity index (χ1v) is 9.00. The Balaban J connectivity index is 2.05. The molecule has 0 saturated carbocycles. The summed E-state index contributed by atoms with van der Waals surface area (Å²) in [6.07, 6.45) is 0.840. The molecule has 3 amide bonds. The summed E-state index contributed by atoms with van der Waals surface area (Å²) in [7, 11) is 0. The van der Waals surface area contributed by atoms with Crippen LogP contribution in [0.25, 0.3) is 0 Å². The minimum atomic E-state index is -0.452. The van der Waals surface area contributed by atoms with Gasteiger partial charge in [-0.25, -0.2) is 4.79 Å². The second-order valence-corrected chi connectivity index (χ2v) is 6.22. The summed E-state index contributed by atoms with van der Waals surface area (Å²) in [5.74, 6) is -0.292. The van der Waals surface area contributed by atoms with Crippen LogP contribution in [-0.4, -0.2) is 36.0 Å². The molecular formula is C21H27N3O2. The molecule has 1 unspecified atom stereocenters. The van der Waals surface area contributed by atoms with Crippen molar-refractivity contribution < 1.29 is 9.59 Å². The van der Waals surface area contributed by atoms with Crippen LogP contribution in [0, 0.1) is 0 Å². The van der Waals surface area contributed by atoms with Crippen LogP contribution in [0.2, 0.25) is 0 Å². The zero-order valence-corrected chi connectivity index (χ0v) is 15.4. The lowest BCUT2D eigenvalue weighted by Crippen LogP contribution is -2.49. The summed E-state index contributed by atoms with van der Waals surface area (Å²) in [5, 5.41) is 5.00. The van der Waals surface area contributed by atoms with Crippen molar-refractivity contribution in [3.05, 3.63) is 71.8 Å². The number of rotatable bonds is 8. The van der Waals surface area contributed by atoms with E-state index in [1.165, 1.54) is 5.56 Å². The topological polar surface area (TPSA) is 61.4 Å². The average Bonchev–Trinajstić information content (AvgIpc) is 2.66. The van der Waals surface area contributed by atoms with Crippen molar-refractivity contribution in [3.63, 3.8) is 0 Å². The molecule has 0 fully saturated rings. The number of nitrogens with one attached hydrogen (secondary N) is 2. The minimum absolute atomic E-state index is 0.292. The van der Waals surface area contributed by atoms with E-state index in [4.69, 9.17) is 0 Å². The number of carbonyl (C=O) groups is 2. The van der Waals surface area contributed by atoms with Gasteiger partial charge in [0.1, 0.15) is 0 Å². The first kappa shape index (κ1) is 19.7. The Morgan fingerprint density at radius 2 is 1.54 bits per heavy atom. The summed E-state index contributed by atoms with van der Waals surface area (Å²) >= 11 is 0. The fourth-order valence-corrected chi connectivity index (χ4v) is 2.73. The van der Waals surface area contributed by atoms with Gasteiger partial charge < -0.3 is 5.32 Å². The van der Waals surface area contributed by atoms with Crippen molar-refractivity contribution >= 4 is 11.9 Å². The van der Waals surface area contributed by atoms with E-state index in [0.29, 0.717) is 13.1 Å². The van der Waals surface area contributed by atoms with Crippen LogP contribution >= 0.6 is 0 Å². The van der Waals surface area contributed by atoms with Crippen molar-refractivity contribution in [2.45, 2.75) is 32.9 Å². The Hall–Kier alpha value is -2.66. The van der Waals surface area contributed by atoms with Crippen LogP contribution in [0.15, 0.2) is 60.7 Å². The summed E-state index contributed by atoms with van der Waals surface area (Å²) in [4.78, 5) is 26.2. The Bertz CT molecular complexity index is 689. The molecule has 2 rings (SSSR count). The Labute approximate surface area is 155 Å². The van der Waals surface area contributed by atoms with Crippen molar-refractivity contribution in [2.24, 2.45) is 0 Å². The molecule has 26 heavy (non-hydrogen) atoms. The molecule has 2 aromatic rings. The molecule has 0 aliphatic carbocycles. The quantitative estimate of drug-likeness (QED) is 0.767. The molecule has 5 nitrogen and oxygen atoms in total. The van der Waals surface area contributed by atoms with Crippen molar-refractivity contribution in [1.29, 1.82) is 0 Å². The Morgan fingerprint density at radius 1 is 0.962 bits per heavy atom. The standard InChI is InChI=1S/C21H27N3O2/c1-3-22-21(26)23-20(25)17(2)24(16-19-12-8-5-9-13-19)15-14-18-10-6-4-7-11-18/h4-13,17H,3,14-16H2,1-2H3,(H2,22,23,25,26). The highest BCUT2D eigenvalue weighted by Crippen LogP contribution is 2.11. The second-order valence-electron chi connectivity index (χ2n) is 6.22. The Kier molecular flexibility index (Phi) is 7.83. The fraction of sp³-hybridized carbons (Fsp3) is 0.333. The van der Waals surface area contributed by atoms with Crippen LogP contribution in [-0.2, 0) is 17.8 Å². The number of hydrogen-bond donors (Lipinski definition) is 2. The highest BCUT2D eigenvalue weighted by Gasteiger charge is 2.22. The smallest absolute Gasteiger partial charge is 0.321 e. The van der Waals surface area contributed by atoms with Crippen LogP contribution in [0.4, 0.5) is 4.79 Å². The van der Waals surface area contributed by atoms with E-state index in [1.807, 2.05) is 62.4 Å². The summed E-state index contributed by atoms with van der Waals surface area (Å²) in [6, 6.07) is 19.4. The van der Waals surface area contributed by atoms with Gasteiger partial charge in [0.25, 0.3) is 0 Å². The number of imide groups is 1. The maximum Gasteiger partial charge on any atom is 0.321 e. The highest BCUT2D eigenvalue weighted by molar-refractivity contribution is 5.96. The van der Waals surface area contributed by atoms with Gasteiger partial charge in [-0.2, -0.15) is 0 Å². The Morgan fingerprint density at radius 3 is 2.12 bits per heavy atom. The van der Waals surface area contributed by atoms with Gasteiger partial charge in [-0.05, 0) is 31.4 Å². The SMILES string of the molecule is CCNC(=O)NC(=O)C(C)N(CCc1ccccc1)Cc1ccccc1. The van der Waals surface area contributed by atoms with E-state index in [-0.39, 0.29) is 5.91 Å². The molecular weight excluding hydrogens is 326 g/mol. The number of benzene rings is 2. The zero-order valence-electron chi connectivity index (χ0n) is 15.4. The van der Waals surface area contributed by atoms with Crippen LogP contribution in [0.5, 0.6) is 0 Å². The molecule has 0 aliphatic rings. The summed E-state index contributed by atoms with van der Waals surface area (Å²) < 4.78 is 0. The highest BCUT2D eigenvalue weighted by atomic mass is 16.2. The second kappa shape index (κ2) is 10.4. The van der Waals surface area contributed by atoms with Crippen molar-refractivity contribution in [2.75, 3.05) is 13.1 Å². The lowest BCUT2D eigenvalue weighted by molar-refractivity contribution is -0.125. The van der Waals surface area contributed by atoms with Gasteiger partial charge >= 0.3 is 6.03 Å². The van der Waals surface area contributed by atoms with Gasteiger partial charge in [-0.1, -0.05) is 60.7 Å². The van der Waals surface area contributed by atoms with Crippen LogP contribution < -0.4 is 10.6 Å². The average molecular weight is 353 g/mol. The fourth-order valence-electron chi connectivity index (χ4n) is 2.73. The van der Waals surface area contributed by atoms with Gasteiger partial charge in [0, 0.05) is 19.6 Å². The normalized spacial score (nSPS) is 11.8. The van der Waals surface area contributed by atoms with E-state index in [2.05, 4.69) is 27.7 Å². The molecule has 0 radical (unpaired) electrons. The molecule has 0 spiro atoms. The first-order valence-electron chi connectivity index (χ1n) is 9.00. The van der Waals surface area contributed by atoms with Crippen molar-refractivity contribution in [3.8, 4) is 0 Å². The third kappa shape index (κ3) is 6.33. The van der Waals surface area contributed by atoms with Crippen LogP contribution in [0.1, 0.15) is 25.0 Å². The molecule has 1 atom stereocenters. The molecule has 138 valence electrons. The summed E-state index contributed by atoms with van der Waals surface area (Å²) in [5.41, 5.74) is 2.36. The van der Waals surface area contributed by atoms with E-state index in [1.54, 1.807) is 0 Å². The van der Waals surface area contributed by atoms with E-state index in [0.717, 1.165) is 18.5 Å². The number of urea groups is 1. The molecule has 2 aromatic carbocycles. The third-order valence-corrected chi connectivity index (χ3v) is 4.26. The summed E-state index contributed by atoms with van der Waals surface area (Å²) in [6.45, 7) is 5.51. The van der Waals surface area contributed by atoms with Crippen LogP contribution in [0.3, 0.4) is 0 Å². The molecule has 0 heterocycles. The maximum atomic E-state index is 12.5. The monoisotopic (exact) mass is 353 g/mol. The minimum Gasteiger partial charge on any atom is -0.338 e. The number of hydrogen-bond acceptors (Lipinski definition) is 3. The number of amides is 3. The largest absolute Gasteiger partial charge is 0.338 e. The third-order valence-electron chi connectivity index (χ3n) is 4.26. The predicted molar refractivity (Wildman–Crippen MR) is 104 cm³/mol. The zero-order chi connectivity index (χ0) is 18.8. The molecule has 0 saturated heterocycles. The number of carbonyl (C=O) groups excluding carboxylic acids is 2. The van der Waals surface area contributed by atoms with Gasteiger partial charge in [0.15, 0.2) is 0 Å². The van der Waals surface area contributed by atoms with Gasteiger partial charge in [-0.3, -0.25) is 15.0 Å². The van der Waals surface area contributed by atoms with Gasteiger partial charge in [-0.15, -0.1) is 0 Å².